The van der Waals surface area contributed by atoms with Gasteiger partial charge in [0.05, 0.1) is 6.54 Å². The molecule has 124 valence electrons. The zero-order chi connectivity index (χ0) is 16.1. The van der Waals surface area contributed by atoms with Crippen molar-refractivity contribution in [2.75, 3.05) is 26.7 Å². The first-order chi connectivity index (χ1) is 9.95. The SMILES string of the molecule is CCCCCC(C)(C)CNC(=NC)NCC(=O)NCCC. The van der Waals surface area contributed by atoms with Crippen molar-refractivity contribution < 1.29 is 4.79 Å². The molecule has 0 fully saturated rings. The number of guanidine groups is 1. The molecule has 21 heavy (non-hydrogen) atoms. The first-order valence-electron chi connectivity index (χ1n) is 8.16. The van der Waals surface area contributed by atoms with Crippen LogP contribution in [-0.4, -0.2) is 38.5 Å². The van der Waals surface area contributed by atoms with Crippen molar-refractivity contribution in [3.8, 4) is 0 Å². The lowest BCUT2D eigenvalue weighted by molar-refractivity contribution is -0.120. The Labute approximate surface area is 130 Å². The van der Waals surface area contributed by atoms with Gasteiger partial charge in [-0.25, -0.2) is 0 Å². The van der Waals surface area contributed by atoms with E-state index in [1.54, 1.807) is 7.05 Å². The zero-order valence-electron chi connectivity index (χ0n) is 14.5. The third kappa shape index (κ3) is 11.1. The van der Waals surface area contributed by atoms with E-state index in [2.05, 4.69) is 41.7 Å². The fourth-order valence-corrected chi connectivity index (χ4v) is 1.98. The minimum Gasteiger partial charge on any atom is -0.356 e. The van der Waals surface area contributed by atoms with Gasteiger partial charge in [0.2, 0.25) is 5.91 Å². The Morgan fingerprint density at radius 1 is 1.05 bits per heavy atom. The van der Waals surface area contributed by atoms with Gasteiger partial charge in [-0.1, -0.05) is 47.0 Å². The highest BCUT2D eigenvalue weighted by atomic mass is 16.1. The molecule has 0 spiro atoms. The first-order valence-corrected chi connectivity index (χ1v) is 8.16. The highest BCUT2D eigenvalue weighted by Crippen LogP contribution is 2.22. The Bertz CT molecular complexity index is 313. The van der Waals surface area contributed by atoms with Crippen LogP contribution in [0.1, 0.15) is 59.8 Å². The highest BCUT2D eigenvalue weighted by molar-refractivity contribution is 5.86. The minimum absolute atomic E-state index is 0.00186. The average Bonchev–Trinajstić information content (AvgIpc) is 2.45. The second kappa shape index (κ2) is 11.4. The van der Waals surface area contributed by atoms with Gasteiger partial charge < -0.3 is 16.0 Å². The maximum absolute atomic E-state index is 11.5. The number of hydrogen-bond acceptors (Lipinski definition) is 2. The van der Waals surface area contributed by atoms with Crippen LogP contribution in [0.3, 0.4) is 0 Å². The standard InChI is InChI=1S/C16H34N4O/c1-6-8-9-10-16(3,4)13-20-15(17-5)19-12-14(21)18-11-7-2/h6-13H2,1-5H3,(H,18,21)(H2,17,19,20). The Hall–Kier alpha value is -1.26. The third-order valence-electron chi connectivity index (χ3n) is 3.40. The van der Waals surface area contributed by atoms with Crippen molar-refractivity contribution in [2.45, 2.75) is 59.8 Å². The van der Waals surface area contributed by atoms with Crippen LogP contribution in [0.15, 0.2) is 4.99 Å². The molecule has 0 aliphatic heterocycles. The molecule has 0 atom stereocenters. The average molecular weight is 298 g/mol. The number of carbonyl (C=O) groups is 1. The molecule has 0 aliphatic rings. The van der Waals surface area contributed by atoms with Crippen LogP contribution in [0.2, 0.25) is 0 Å². The van der Waals surface area contributed by atoms with Crippen LogP contribution in [0.4, 0.5) is 0 Å². The Morgan fingerprint density at radius 3 is 2.33 bits per heavy atom. The lowest BCUT2D eigenvalue weighted by atomic mass is 9.87. The summed E-state index contributed by atoms with van der Waals surface area (Å²) in [6.45, 7) is 10.6. The number of nitrogens with one attached hydrogen (secondary N) is 3. The Balaban J connectivity index is 4.01. The van der Waals surface area contributed by atoms with Gasteiger partial charge in [-0.15, -0.1) is 0 Å². The summed E-state index contributed by atoms with van der Waals surface area (Å²) in [6.07, 6.45) is 5.94. The van der Waals surface area contributed by atoms with E-state index in [4.69, 9.17) is 0 Å². The molecule has 0 bridgehead atoms. The van der Waals surface area contributed by atoms with Crippen molar-refractivity contribution >= 4 is 11.9 Å². The molecule has 0 aliphatic carbocycles. The van der Waals surface area contributed by atoms with Gasteiger partial charge in [0, 0.05) is 20.1 Å². The van der Waals surface area contributed by atoms with Crippen molar-refractivity contribution in [1.82, 2.24) is 16.0 Å². The number of nitrogens with zero attached hydrogens (tertiary/aromatic N) is 1. The Kier molecular flexibility index (Phi) is 10.7. The maximum atomic E-state index is 11.5. The monoisotopic (exact) mass is 298 g/mol. The number of hydrogen-bond donors (Lipinski definition) is 3. The van der Waals surface area contributed by atoms with E-state index in [1.165, 1.54) is 25.7 Å². The second-order valence-corrected chi connectivity index (χ2v) is 6.25. The van der Waals surface area contributed by atoms with Crippen LogP contribution in [0, 0.1) is 5.41 Å². The second-order valence-electron chi connectivity index (χ2n) is 6.25. The summed E-state index contributed by atoms with van der Waals surface area (Å²) in [5.74, 6) is 0.687. The molecular weight excluding hydrogens is 264 g/mol. The van der Waals surface area contributed by atoms with Crippen molar-refractivity contribution in [3.05, 3.63) is 0 Å². The molecule has 0 aromatic rings. The molecule has 0 saturated heterocycles. The van der Waals surface area contributed by atoms with E-state index >= 15 is 0 Å². The molecular formula is C16H34N4O. The van der Waals surface area contributed by atoms with Gasteiger partial charge in [0.1, 0.15) is 0 Å². The first kappa shape index (κ1) is 19.7. The van der Waals surface area contributed by atoms with E-state index in [-0.39, 0.29) is 17.9 Å². The molecule has 5 nitrogen and oxygen atoms in total. The van der Waals surface area contributed by atoms with Crippen molar-refractivity contribution in [3.63, 3.8) is 0 Å². The number of unbranched alkanes of at least 4 members (excludes halogenated alkanes) is 2. The zero-order valence-corrected chi connectivity index (χ0v) is 14.5. The molecule has 0 heterocycles. The summed E-state index contributed by atoms with van der Waals surface area (Å²) in [6, 6.07) is 0. The normalized spacial score (nSPS) is 12.1. The molecule has 3 N–H and O–H groups in total. The molecule has 0 aromatic heterocycles. The van der Waals surface area contributed by atoms with E-state index in [0.29, 0.717) is 5.96 Å². The van der Waals surface area contributed by atoms with E-state index < -0.39 is 0 Å². The molecule has 0 aromatic carbocycles. The molecule has 0 unspecified atom stereocenters. The molecule has 0 radical (unpaired) electrons. The summed E-state index contributed by atoms with van der Waals surface area (Å²) in [5.41, 5.74) is 0.233. The third-order valence-corrected chi connectivity index (χ3v) is 3.40. The topological polar surface area (TPSA) is 65.5 Å². The lowest BCUT2D eigenvalue weighted by Gasteiger charge is -2.26. The van der Waals surface area contributed by atoms with Gasteiger partial charge in [-0.2, -0.15) is 0 Å². The van der Waals surface area contributed by atoms with Gasteiger partial charge >= 0.3 is 0 Å². The van der Waals surface area contributed by atoms with Gasteiger partial charge in [-0.3, -0.25) is 9.79 Å². The van der Waals surface area contributed by atoms with E-state index in [0.717, 1.165) is 19.5 Å². The van der Waals surface area contributed by atoms with Crippen LogP contribution in [0.5, 0.6) is 0 Å². The molecule has 1 amide bonds. The van der Waals surface area contributed by atoms with Crippen LogP contribution in [0.25, 0.3) is 0 Å². The summed E-state index contributed by atoms with van der Waals surface area (Å²) < 4.78 is 0. The van der Waals surface area contributed by atoms with Crippen LogP contribution < -0.4 is 16.0 Å². The van der Waals surface area contributed by atoms with Gasteiger partial charge in [0.25, 0.3) is 0 Å². The predicted octanol–water partition coefficient (Wildman–Crippen LogP) is 2.28. The summed E-state index contributed by atoms with van der Waals surface area (Å²) >= 11 is 0. The van der Waals surface area contributed by atoms with E-state index in [1.807, 2.05) is 6.92 Å². The Morgan fingerprint density at radius 2 is 1.76 bits per heavy atom. The molecule has 5 heteroatoms. The van der Waals surface area contributed by atoms with Crippen molar-refractivity contribution in [2.24, 2.45) is 10.4 Å². The van der Waals surface area contributed by atoms with Gasteiger partial charge in [0.15, 0.2) is 5.96 Å². The fourth-order valence-electron chi connectivity index (χ4n) is 1.98. The minimum atomic E-state index is 0.00186. The lowest BCUT2D eigenvalue weighted by Crippen LogP contribution is -2.45. The fraction of sp³-hybridized carbons (Fsp3) is 0.875. The highest BCUT2D eigenvalue weighted by Gasteiger charge is 2.17. The predicted molar refractivity (Wildman–Crippen MR) is 90.6 cm³/mol. The number of carbonyl (C=O) groups excluding carboxylic acids is 1. The number of rotatable bonds is 10. The molecule has 0 rings (SSSR count). The van der Waals surface area contributed by atoms with Gasteiger partial charge in [-0.05, 0) is 18.3 Å². The number of amides is 1. The van der Waals surface area contributed by atoms with Crippen LogP contribution in [-0.2, 0) is 4.79 Å². The van der Waals surface area contributed by atoms with Crippen LogP contribution >= 0.6 is 0 Å². The summed E-state index contributed by atoms with van der Waals surface area (Å²) in [7, 11) is 1.73. The smallest absolute Gasteiger partial charge is 0.239 e. The molecule has 0 saturated carbocycles. The summed E-state index contributed by atoms with van der Waals surface area (Å²) in [5, 5.41) is 9.19. The largest absolute Gasteiger partial charge is 0.356 e. The number of aliphatic imine (C=N–C) groups is 1. The summed E-state index contributed by atoms with van der Waals surface area (Å²) in [4.78, 5) is 15.7. The van der Waals surface area contributed by atoms with E-state index in [9.17, 15) is 4.79 Å². The van der Waals surface area contributed by atoms with Crippen molar-refractivity contribution in [1.29, 1.82) is 0 Å². The maximum Gasteiger partial charge on any atom is 0.239 e. The quantitative estimate of drug-likeness (QED) is 0.329.